The summed E-state index contributed by atoms with van der Waals surface area (Å²) in [6, 6.07) is 7.04. The summed E-state index contributed by atoms with van der Waals surface area (Å²) in [6.45, 7) is 1.43. The first-order valence-electron chi connectivity index (χ1n) is 5.51. The van der Waals surface area contributed by atoms with Crippen molar-refractivity contribution in [2.45, 2.75) is 10.8 Å². The zero-order chi connectivity index (χ0) is 14.9. The van der Waals surface area contributed by atoms with Crippen molar-refractivity contribution in [2.75, 3.05) is 0 Å². The summed E-state index contributed by atoms with van der Waals surface area (Å²) in [5, 5.41) is 0.548. The molecule has 0 saturated heterocycles. The van der Waals surface area contributed by atoms with Gasteiger partial charge in [0.05, 0.1) is 0 Å². The molecule has 0 saturated carbocycles. The number of benzene rings is 1. The van der Waals surface area contributed by atoms with E-state index >= 15 is 0 Å². The second kappa shape index (κ2) is 5.98. The van der Waals surface area contributed by atoms with E-state index in [1.807, 2.05) is 6.07 Å². The van der Waals surface area contributed by atoms with Crippen LogP contribution in [-0.4, -0.2) is 13.7 Å². The molecule has 1 aromatic heterocycles. The third-order valence-electron chi connectivity index (χ3n) is 2.53. The molecule has 0 N–H and O–H groups in total. The van der Waals surface area contributed by atoms with Gasteiger partial charge < -0.3 is 0 Å². The monoisotopic (exact) mass is 351 g/mol. The van der Waals surface area contributed by atoms with Crippen LogP contribution in [-0.2, 0) is 0 Å². The standard InChI is InChI=1S/C13H9Cl3FNOS/c1-8(19)11-6-18(20-13(15,16)17)7-12(11)9-3-2-4-10(14)5-9/h2-7H,1H3. The summed E-state index contributed by atoms with van der Waals surface area (Å²) in [4.78, 5) is 11.7. The van der Waals surface area contributed by atoms with Gasteiger partial charge in [-0.3, -0.25) is 8.77 Å². The third kappa shape index (κ3) is 3.92. The fourth-order valence-corrected chi connectivity index (χ4v) is 2.99. The van der Waals surface area contributed by atoms with E-state index in [-0.39, 0.29) is 5.78 Å². The van der Waals surface area contributed by atoms with Gasteiger partial charge in [-0.1, -0.05) is 46.9 Å². The lowest BCUT2D eigenvalue weighted by atomic mass is 10.0. The lowest BCUT2D eigenvalue weighted by molar-refractivity contribution is 0.101. The topological polar surface area (TPSA) is 22.0 Å². The van der Waals surface area contributed by atoms with Gasteiger partial charge in [-0.15, -0.1) is 0 Å². The number of hydrogen-bond acceptors (Lipinski definition) is 2. The average Bonchev–Trinajstić information content (AvgIpc) is 2.70. The number of carbonyl (C=O) groups is 1. The SMILES string of the molecule is CC(=O)c1cn(SC(F)(Cl)Cl)cc1-c1cccc(Cl)c1. The molecule has 1 heterocycles. The van der Waals surface area contributed by atoms with Crippen LogP contribution in [0.1, 0.15) is 17.3 Å². The van der Waals surface area contributed by atoms with Crippen molar-refractivity contribution in [2.24, 2.45) is 0 Å². The highest BCUT2D eigenvalue weighted by Gasteiger charge is 2.25. The molecule has 2 nitrogen and oxygen atoms in total. The van der Waals surface area contributed by atoms with Crippen molar-refractivity contribution in [3.63, 3.8) is 0 Å². The largest absolute Gasteiger partial charge is 0.323 e. The summed E-state index contributed by atoms with van der Waals surface area (Å²) in [5.41, 5.74) is 1.85. The molecule has 0 atom stereocenters. The maximum Gasteiger partial charge on any atom is 0.323 e. The fourth-order valence-electron chi connectivity index (χ4n) is 1.77. The number of rotatable bonds is 4. The van der Waals surface area contributed by atoms with Crippen molar-refractivity contribution < 1.29 is 9.18 Å². The zero-order valence-electron chi connectivity index (χ0n) is 10.2. The minimum Gasteiger partial charge on any atom is -0.294 e. The first-order valence-corrected chi connectivity index (χ1v) is 7.42. The molecule has 106 valence electrons. The number of hydrogen-bond donors (Lipinski definition) is 0. The highest BCUT2D eigenvalue weighted by atomic mass is 35.5. The Kier molecular flexibility index (Phi) is 4.69. The Labute approximate surface area is 134 Å². The molecule has 2 aromatic rings. The van der Waals surface area contributed by atoms with E-state index in [0.717, 1.165) is 5.56 Å². The molecule has 0 bridgehead atoms. The van der Waals surface area contributed by atoms with Crippen molar-refractivity contribution in [3.8, 4) is 11.1 Å². The van der Waals surface area contributed by atoms with Crippen molar-refractivity contribution >= 4 is 52.5 Å². The number of ketones is 1. The van der Waals surface area contributed by atoms with E-state index in [4.69, 9.17) is 34.8 Å². The summed E-state index contributed by atoms with van der Waals surface area (Å²) in [7, 11) is 0. The lowest BCUT2D eigenvalue weighted by Crippen LogP contribution is -2.00. The molecular weight excluding hydrogens is 344 g/mol. The molecule has 0 unspecified atom stereocenters. The van der Waals surface area contributed by atoms with Gasteiger partial charge in [-0.25, -0.2) is 0 Å². The minimum atomic E-state index is -2.47. The van der Waals surface area contributed by atoms with Crippen LogP contribution < -0.4 is 0 Å². The summed E-state index contributed by atoms with van der Waals surface area (Å²) < 4.78 is 12.1. The van der Waals surface area contributed by atoms with E-state index < -0.39 is 3.92 Å². The maximum absolute atomic E-state index is 13.3. The van der Waals surface area contributed by atoms with E-state index in [0.29, 0.717) is 28.1 Å². The molecule has 1 aromatic carbocycles. The minimum absolute atomic E-state index is 0.145. The zero-order valence-corrected chi connectivity index (χ0v) is 13.3. The summed E-state index contributed by atoms with van der Waals surface area (Å²) in [5.74, 6) is -0.145. The molecular formula is C13H9Cl3FNOS. The van der Waals surface area contributed by atoms with Gasteiger partial charge in [0.1, 0.15) is 0 Å². The van der Waals surface area contributed by atoms with Crippen LogP contribution in [0, 0.1) is 0 Å². The van der Waals surface area contributed by atoms with Crippen LogP contribution in [0.5, 0.6) is 0 Å². The van der Waals surface area contributed by atoms with E-state index in [9.17, 15) is 9.18 Å². The highest BCUT2D eigenvalue weighted by Crippen LogP contribution is 2.39. The molecule has 0 fully saturated rings. The smallest absolute Gasteiger partial charge is 0.294 e. The molecule has 2 rings (SSSR count). The average molecular weight is 353 g/mol. The van der Waals surface area contributed by atoms with Crippen LogP contribution in [0.2, 0.25) is 5.02 Å². The van der Waals surface area contributed by atoms with E-state index in [1.54, 1.807) is 24.4 Å². The number of Topliss-reactive ketones (excluding diaryl/α,β-unsaturated/α-hetero) is 1. The van der Waals surface area contributed by atoms with Gasteiger partial charge in [-0.05, 0) is 24.6 Å². The van der Waals surface area contributed by atoms with Gasteiger partial charge in [0.15, 0.2) is 5.78 Å². The van der Waals surface area contributed by atoms with Crippen LogP contribution in [0.3, 0.4) is 0 Å². The Balaban J connectivity index is 2.49. The molecule has 0 aliphatic heterocycles. The van der Waals surface area contributed by atoms with E-state index in [1.165, 1.54) is 17.1 Å². The molecule has 0 amide bonds. The predicted octanol–water partition coefficient (Wildman–Crippen LogP) is 5.57. The number of alkyl halides is 3. The van der Waals surface area contributed by atoms with Gasteiger partial charge in [0.25, 0.3) is 0 Å². The maximum atomic E-state index is 13.3. The van der Waals surface area contributed by atoms with Crippen molar-refractivity contribution in [1.82, 2.24) is 3.97 Å². The second-order valence-electron chi connectivity index (χ2n) is 4.05. The van der Waals surface area contributed by atoms with E-state index in [2.05, 4.69) is 0 Å². The molecule has 7 heteroatoms. The molecule has 0 radical (unpaired) electrons. The summed E-state index contributed by atoms with van der Waals surface area (Å²) in [6.07, 6.45) is 3.08. The van der Waals surface area contributed by atoms with Crippen LogP contribution >= 0.6 is 46.8 Å². The Bertz CT molecular complexity index is 651. The van der Waals surface area contributed by atoms with Gasteiger partial charge in [-0.2, -0.15) is 4.39 Å². The quantitative estimate of drug-likeness (QED) is 0.530. The fraction of sp³-hybridized carbons (Fsp3) is 0.154. The first kappa shape index (κ1) is 15.7. The van der Waals surface area contributed by atoms with Gasteiger partial charge >= 0.3 is 3.92 Å². The lowest BCUT2D eigenvalue weighted by Gasteiger charge is -2.07. The normalized spacial score (nSPS) is 11.7. The number of nitrogens with zero attached hydrogens (tertiary/aromatic N) is 1. The number of carbonyl (C=O) groups excluding carboxylic acids is 1. The highest BCUT2D eigenvalue weighted by molar-refractivity contribution is 8.01. The number of halogens is 4. The Morgan fingerprint density at radius 3 is 2.60 bits per heavy atom. The summed E-state index contributed by atoms with van der Waals surface area (Å²) >= 11 is 17.1. The van der Waals surface area contributed by atoms with Crippen LogP contribution in [0.4, 0.5) is 4.39 Å². The Morgan fingerprint density at radius 2 is 2.05 bits per heavy atom. The van der Waals surface area contributed by atoms with Gasteiger partial charge in [0.2, 0.25) is 0 Å². The second-order valence-corrected chi connectivity index (χ2v) is 7.34. The third-order valence-corrected chi connectivity index (χ3v) is 3.80. The predicted molar refractivity (Wildman–Crippen MR) is 83.4 cm³/mol. The molecule has 0 spiro atoms. The van der Waals surface area contributed by atoms with Crippen molar-refractivity contribution in [1.29, 1.82) is 0 Å². The number of aromatic nitrogens is 1. The van der Waals surface area contributed by atoms with Gasteiger partial charge in [0, 0.05) is 40.5 Å². The first-order chi connectivity index (χ1) is 9.26. The Morgan fingerprint density at radius 1 is 1.35 bits per heavy atom. The molecule has 0 aliphatic carbocycles. The van der Waals surface area contributed by atoms with Crippen LogP contribution in [0.15, 0.2) is 36.7 Å². The molecule has 0 aliphatic rings. The Hall–Kier alpha value is -0.680. The molecule has 20 heavy (non-hydrogen) atoms. The van der Waals surface area contributed by atoms with Crippen LogP contribution in [0.25, 0.3) is 11.1 Å². The van der Waals surface area contributed by atoms with Crippen molar-refractivity contribution in [3.05, 3.63) is 47.2 Å².